The first kappa shape index (κ1) is 32.2. The Hall–Kier alpha value is -4.29. The van der Waals surface area contributed by atoms with Gasteiger partial charge in [-0.1, -0.05) is 37.3 Å². The quantitative estimate of drug-likeness (QED) is 0.236. The maximum atomic E-state index is 13.4. The van der Waals surface area contributed by atoms with Crippen LogP contribution in [0.1, 0.15) is 56.4 Å². The molecular weight excluding hydrogens is 551 g/mol. The third kappa shape index (κ3) is 7.92. The number of rotatable bonds is 10. The first-order valence-corrected chi connectivity index (χ1v) is 13.4. The summed E-state index contributed by atoms with van der Waals surface area (Å²) in [5.74, 6) is -4.29. The van der Waals surface area contributed by atoms with Crippen molar-refractivity contribution in [3.05, 3.63) is 71.2 Å². The van der Waals surface area contributed by atoms with Gasteiger partial charge < -0.3 is 30.2 Å². The number of furan rings is 1. The van der Waals surface area contributed by atoms with Crippen LogP contribution in [-0.2, 0) is 37.7 Å². The van der Waals surface area contributed by atoms with Crippen LogP contribution in [0.15, 0.2) is 52.9 Å². The largest absolute Gasteiger partial charge is 0.481 e. The zero-order chi connectivity index (χ0) is 31.1. The van der Waals surface area contributed by atoms with E-state index in [1.807, 2.05) is 18.2 Å². The summed E-state index contributed by atoms with van der Waals surface area (Å²) in [6.45, 7) is 6.19. The van der Waals surface area contributed by atoms with Crippen LogP contribution in [0.4, 0.5) is 4.39 Å². The summed E-state index contributed by atoms with van der Waals surface area (Å²) in [7, 11) is 0. The lowest BCUT2D eigenvalue weighted by Crippen LogP contribution is -2.52. The Morgan fingerprint density at radius 3 is 2.05 bits per heavy atom. The summed E-state index contributed by atoms with van der Waals surface area (Å²) in [6, 6.07) is 14.7. The topological polar surface area (TPSA) is 178 Å². The fraction of sp³-hybridized carbons (Fsp3) is 0.400. The lowest BCUT2D eigenvalue weighted by molar-refractivity contribution is -0.170. The zero-order valence-corrected chi connectivity index (χ0v) is 23.4. The van der Waals surface area contributed by atoms with Gasteiger partial charge in [-0.25, -0.2) is 9.18 Å². The Kier molecular flexibility index (Phi) is 10.4. The Morgan fingerprint density at radius 2 is 1.55 bits per heavy atom. The van der Waals surface area contributed by atoms with Crippen molar-refractivity contribution in [1.82, 2.24) is 10.2 Å². The number of likely N-dealkylation sites (tertiary alicyclic amines) is 1. The fourth-order valence-corrected chi connectivity index (χ4v) is 5.23. The molecule has 5 N–H and O–H groups in total. The molecule has 1 fully saturated rings. The number of carbonyl (C=O) groups is 4. The van der Waals surface area contributed by atoms with Gasteiger partial charge in [0.2, 0.25) is 5.91 Å². The molecule has 1 aliphatic heterocycles. The van der Waals surface area contributed by atoms with E-state index in [4.69, 9.17) is 24.8 Å². The van der Waals surface area contributed by atoms with Gasteiger partial charge in [-0.15, -0.1) is 0 Å². The first-order chi connectivity index (χ1) is 19.8. The SMILES string of the molecule is CCc1oc2ccccc2c1CN1CCC(NC(C)=O)(c2ccc(F)cc2)CC1.O=C(O)CC(O)(CC(=O)O)C(=O)O. The molecular formula is C30H35FN2O9. The number of piperidine rings is 1. The molecule has 0 radical (unpaired) electrons. The van der Waals surface area contributed by atoms with Crippen molar-refractivity contribution in [3.63, 3.8) is 0 Å². The number of carbonyl (C=O) groups excluding carboxylic acids is 1. The smallest absolute Gasteiger partial charge is 0.336 e. The highest BCUT2D eigenvalue weighted by atomic mass is 19.1. The molecule has 11 nitrogen and oxygen atoms in total. The number of benzene rings is 2. The summed E-state index contributed by atoms with van der Waals surface area (Å²) in [5, 5.41) is 38.1. The van der Waals surface area contributed by atoms with Gasteiger partial charge in [0, 0.05) is 43.9 Å². The van der Waals surface area contributed by atoms with Gasteiger partial charge >= 0.3 is 17.9 Å². The number of aliphatic hydroxyl groups is 1. The number of hydrogen-bond donors (Lipinski definition) is 5. The average molecular weight is 587 g/mol. The summed E-state index contributed by atoms with van der Waals surface area (Å²) in [4.78, 5) is 44.8. The minimum Gasteiger partial charge on any atom is -0.481 e. The van der Waals surface area contributed by atoms with Crippen molar-refractivity contribution in [2.24, 2.45) is 0 Å². The van der Waals surface area contributed by atoms with Crippen LogP contribution in [0.3, 0.4) is 0 Å². The number of hydrogen-bond acceptors (Lipinski definition) is 7. The summed E-state index contributed by atoms with van der Waals surface area (Å²) in [5.41, 5.74) is -0.0105. The molecule has 0 saturated carbocycles. The van der Waals surface area contributed by atoms with Crippen LogP contribution in [-0.4, -0.2) is 67.8 Å². The number of aryl methyl sites for hydroxylation is 1. The fourth-order valence-electron chi connectivity index (χ4n) is 5.23. The molecule has 4 rings (SSSR count). The Balaban J connectivity index is 0.000000316. The first-order valence-electron chi connectivity index (χ1n) is 13.4. The van der Waals surface area contributed by atoms with Crippen LogP contribution >= 0.6 is 0 Å². The van der Waals surface area contributed by atoms with Crippen molar-refractivity contribution in [1.29, 1.82) is 0 Å². The standard InChI is InChI=1S/C24H27FN2O2.C6H8O7/c1-3-22-21(20-6-4-5-7-23(20)29-22)16-27-14-12-24(13-15-27,26-17(2)28)18-8-10-19(25)11-9-18;7-3(8)1-6(13,5(11)12)2-4(9)10/h4-11H,3,12-16H2,1-2H3,(H,26,28);13H,1-2H2,(H,7,8)(H,9,10)(H,11,12). The highest BCUT2D eigenvalue weighted by Gasteiger charge is 2.41. The minimum absolute atomic E-state index is 0.0585. The second-order valence-electron chi connectivity index (χ2n) is 10.4. The van der Waals surface area contributed by atoms with Gasteiger partial charge in [0.25, 0.3) is 0 Å². The number of para-hydroxylation sites is 1. The molecule has 2 heterocycles. The van der Waals surface area contributed by atoms with Crippen molar-refractivity contribution in [3.8, 4) is 0 Å². The van der Waals surface area contributed by atoms with Gasteiger partial charge in [-0.3, -0.25) is 19.3 Å². The number of halogens is 1. The van der Waals surface area contributed by atoms with Crippen LogP contribution in [0, 0.1) is 5.82 Å². The maximum Gasteiger partial charge on any atom is 0.336 e. The Labute approximate surface area is 241 Å². The molecule has 0 atom stereocenters. The van der Waals surface area contributed by atoms with Crippen molar-refractivity contribution in [2.75, 3.05) is 13.1 Å². The third-order valence-electron chi connectivity index (χ3n) is 7.29. The molecule has 0 aliphatic carbocycles. The predicted octanol–water partition coefficient (Wildman–Crippen LogP) is 3.51. The van der Waals surface area contributed by atoms with Crippen LogP contribution < -0.4 is 5.32 Å². The predicted molar refractivity (Wildman–Crippen MR) is 149 cm³/mol. The zero-order valence-electron chi connectivity index (χ0n) is 23.4. The normalized spacial score (nSPS) is 15.0. The van der Waals surface area contributed by atoms with Gasteiger partial charge in [-0.2, -0.15) is 0 Å². The molecule has 2 aromatic carbocycles. The number of amides is 1. The molecule has 226 valence electrons. The van der Waals surface area contributed by atoms with E-state index in [-0.39, 0.29) is 11.7 Å². The van der Waals surface area contributed by atoms with Crippen molar-refractivity contribution < 1.29 is 48.4 Å². The highest BCUT2D eigenvalue weighted by Crippen LogP contribution is 2.35. The van der Waals surface area contributed by atoms with E-state index in [2.05, 4.69) is 23.2 Å². The molecule has 0 bridgehead atoms. The minimum atomic E-state index is -2.74. The highest BCUT2D eigenvalue weighted by molar-refractivity contribution is 5.88. The van der Waals surface area contributed by atoms with Gasteiger partial charge in [0.05, 0.1) is 18.4 Å². The average Bonchev–Trinajstić information content (AvgIpc) is 3.26. The molecule has 1 saturated heterocycles. The van der Waals surface area contributed by atoms with E-state index in [0.29, 0.717) is 0 Å². The van der Waals surface area contributed by atoms with Crippen molar-refractivity contribution >= 4 is 34.8 Å². The molecule has 0 spiro atoms. The second kappa shape index (κ2) is 13.6. The summed E-state index contributed by atoms with van der Waals surface area (Å²) >= 11 is 0. The van der Waals surface area contributed by atoms with Crippen molar-refractivity contribution in [2.45, 2.75) is 63.6 Å². The van der Waals surface area contributed by atoms with E-state index in [1.54, 1.807) is 19.1 Å². The molecule has 1 amide bonds. The number of fused-ring (bicyclic) bond motifs is 1. The van der Waals surface area contributed by atoms with Crippen LogP contribution in [0.2, 0.25) is 0 Å². The van der Waals surface area contributed by atoms with E-state index in [0.717, 1.165) is 55.8 Å². The number of nitrogens with one attached hydrogen (secondary N) is 1. The van der Waals surface area contributed by atoms with E-state index in [1.165, 1.54) is 23.1 Å². The van der Waals surface area contributed by atoms with Gasteiger partial charge in [0.15, 0.2) is 5.60 Å². The van der Waals surface area contributed by atoms with Crippen LogP contribution in [0.25, 0.3) is 11.0 Å². The van der Waals surface area contributed by atoms with E-state index >= 15 is 0 Å². The summed E-state index contributed by atoms with van der Waals surface area (Å²) < 4.78 is 19.5. The monoisotopic (exact) mass is 586 g/mol. The number of nitrogens with zero attached hydrogens (tertiary/aromatic N) is 1. The molecule has 12 heteroatoms. The molecule has 0 unspecified atom stereocenters. The lowest BCUT2D eigenvalue weighted by Gasteiger charge is -2.42. The molecule has 42 heavy (non-hydrogen) atoms. The second-order valence-corrected chi connectivity index (χ2v) is 10.4. The third-order valence-corrected chi connectivity index (χ3v) is 7.29. The number of aliphatic carboxylic acids is 3. The Bertz CT molecular complexity index is 1410. The number of carboxylic acids is 3. The van der Waals surface area contributed by atoms with E-state index in [9.17, 15) is 23.6 Å². The van der Waals surface area contributed by atoms with Crippen LogP contribution in [0.5, 0.6) is 0 Å². The lowest BCUT2D eigenvalue weighted by atomic mass is 9.80. The molecule has 1 aliphatic rings. The van der Waals surface area contributed by atoms with E-state index < -0.39 is 41.9 Å². The van der Waals surface area contributed by atoms with Gasteiger partial charge in [-0.05, 0) is 36.6 Å². The number of carboxylic acid groups (broad SMARTS) is 3. The molecule has 3 aromatic rings. The Morgan fingerprint density at radius 1 is 0.976 bits per heavy atom. The maximum absolute atomic E-state index is 13.4. The summed E-state index contributed by atoms with van der Waals surface area (Å²) in [6.07, 6.45) is 0.150. The molecule has 1 aromatic heterocycles. The van der Waals surface area contributed by atoms with Gasteiger partial charge in [0.1, 0.15) is 17.2 Å².